The normalized spacial score (nSPS) is 22.3. The summed E-state index contributed by atoms with van der Waals surface area (Å²) in [5.41, 5.74) is 0.0190. The van der Waals surface area contributed by atoms with Crippen LogP contribution >= 0.6 is 0 Å². The van der Waals surface area contributed by atoms with Gasteiger partial charge in [0.2, 0.25) is 11.8 Å². The fraction of sp³-hybridized carbons (Fsp3) is 0.625. The number of carbonyl (C=O) groups is 3. The first kappa shape index (κ1) is 22.6. The second-order valence-electron chi connectivity index (χ2n) is 9.47. The second kappa shape index (κ2) is 9.10. The number of benzene rings is 1. The summed E-state index contributed by atoms with van der Waals surface area (Å²) < 4.78 is 11.6. The molecule has 1 unspecified atom stereocenters. The lowest BCUT2D eigenvalue weighted by molar-refractivity contribution is -0.139. The molecule has 0 aromatic heterocycles. The molecule has 0 radical (unpaired) electrons. The lowest BCUT2D eigenvalue weighted by atomic mass is 9.82. The molecule has 4 rings (SSSR count). The molecule has 1 spiro atoms. The van der Waals surface area contributed by atoms with Crippen molar-refractivity contribution in [2.24, 2.45) is 5.92 Å². The Morgan fingerprint density at radius 3 is 2.69 bits per heavy atom. The average molecular weight is 444 g/mol. The fourth-order valence-corrected chi connectivity index (χ4v) is 5.00. The van der Waals surface area contributed by atoms with E-state index in [0.717, 1.165) is 13.0 Å². The number of likely N-dealkylation sites (tertiary alicyclic amines) is 2. The molecule has 32 heavy (non-hydrogen) atoms. The fourth-order valence-electron chi connectivity index (χ4n) is 5.00. The van der Waals surface area contributed by atoms with Crippen molar-refractivity contribution in [3.63, 3.8) is 0 Å². The van der Waals surface area contributed by atoms with Gasteiger partial charge in [-0.1, -0.05) is 0 Å². The first-order chi connectivity index (χ1) is 15.3. The van der Waals surface area contributed by atoms with Crippen LogP contribution in [-0.4, -0.2) is 91.8 Å². The van der Waals surface area contributed by atoms with Gasteiger partial charge < -0.3 is 24.2 Å². The molecule has 8 nitrogen and oxygen atoms in total. The predicted octanol–water partition coefficient (Wildman–Crippen LogP) is 1.82. The van der Waals surface area contributed by atoms with Gasteiger partial charge in [0.25, 0.3) is 0 Å². The summed E-state index contributed by atoms with van der Waals surface area (Å²) in [6.45, 7) is 3.20. The van der Waals surface area contributed by atoms with Gasteiger partial charge >= 0.3 is 0 Å². The summed E-state index contributed by atoms with van der Waals surface area (Å²) in [5.74, 6) is 1.14. The lowest BCUT2D eigenvalue weighted by Crippen LogP contribution is -2.53. The number of hydrogen-bond donors (Lipinski definition) is 0. The first-order valence-corrected chi connectivity index (χ1v) is 11.4. The Hall–Kier alpha value is -2.61. The molecular formula is C24H33N3O5. The SMILES string of the molecule is COc1ccc2c(c1)OC1(CCN(C(=O)C3CC(=O)N(CCCN(C)C)C3)CC1)CC2=O. The van der Waals surface area contributed by atoms with Crippen LogP contribution in [-0.2, 0) is 9.59 Å². The monoisotopic (exact) mass is 443 g/mol. The van der Waals surface area contributed by atoms with Crippen LogP contribution in [0.5, 0.6) is 11.5 Å². The van der Waals surface area contributed by atoms with Crippen LogP contribution < -0.4 is 9.47 Å². The third-order valence-corrected chi connectivity index (χ3v) is 6.88. The summed E-state index contributed by atoms with van der Waals surface area (Å²) in [6.07, 6.45) is 2.74. The molecule has 3 heterocycles. The number of nitrogens with zero attached hydrogens (tertiary/aromatic N) is 3. The Balaban J connectivity index is 1.34. The van der Waals surface area contributed by atoms with Crippen LogP contribution in [0.15, 0.2) is 18.2 Å². The number of piperidine rings is 1. The molecule has 2 saturated heterocycles. The number of hydrogen-bond acceptors (Lipinski definition) is 6. The van der Waals surface area contributed by atoms with Crippen LogP contribution in [0.2, 0.25) is 0 Å². The third kappa shape index (κ3) is 4.60. The maximum Gasteiger partial charge on any atom is 0.227 e. The molecule has 2 amide bonds. The summed E-state index contributed by atoms with van der Waals surface area (Å²) >= 11 is 0. The Kier molecular flexibility index (Phi) is 6.42. The highest BCUT2D eigenvalue weighted by Gasteiger charge is 2.45. The average Bonchev–Trinajstić information content (AvgIpc) is 3.13. The minimum absolute atomic E-state index is 0.0486. The molecule has 0 N–H and O–H groups in total. The number of ketones is 1. The maximum absolute atomic E-state index is 13.1. The van der Waals surface area contributed by atoms with Crippen LogP contribution in [0.4, 0.5) is 0 Å². The summed E-state index contributed by atoms with van der Waals surface area (Å²) in [7, 11) is 5.61. The van der Waals surface area contributed by atoms with Crippen LogP contribution in [0, 0.1) is 5.92 Å². The van der Waals surface area contributed by atoms with Gasteiger partial charge in [-0.05, 0) is 39.2 Å². The van der Waals surface area contributed by atoms with E-state index in [1.165, 1.54) is 0 Å². The molecule has 3 aliphatic rings. The highest BCUT2D eigenvalue weighted by atomic mass is 16.5. The number of methoxy groups -OCH3 is 1. The Labute approximate surface area is 189 Å². The van der Waals surface area contributed by atoms with Crippen molar-refractivity contribution in [2.45, 2.75) is 37.7 Å². The van der Waals surface area contributed by atoms with E-state index in [1.54, 1.807) is 25.3 Å². The van der Waals surface area contributed by atoms with E-state index in [-0.39, 0.29) is 23.5 Å². The molecule has 1 aromatic carbocycles. The van der Waals surface area contributed by atoms with Crippen LogP contribution in [0.1, 0.15) is 42.5 Å². The highest BCUT2D eigenvalue weighted by molar-refractivity contribution is 6.00. The van der Waals surface area contributed by atoms with E-state index < -0.39 is 5.60 Å². The molecule has 1 atom stereocenters. The van der Waals surface area contributed by atoms with Crippen LogP contribution in [0.25, 0.3) is 0 Å². The molecule has 0 bridgehead atoms. The van der Waals surface area contributed by atoms with Crippen molar-refractivity contribution in [1.29, 1.82) is 0 Å². The molecule has 3 aliphatic heterocycles. The van der Waals surface area contributed by atoms with Crippen LogP contribution in [0.3, 0.4) is 0 Å². The molecule has 0 aliphatic carbocycles. The van der Waals surface area contributed by atoms with E-state index >= 15 is 0 Å². The topological polar surface area (TPSA) is 79.4 Å². The van der Waals surface area contributed by atoms with Gasteiger partial charge in [-0.2, -0.15) is 0 Å². The van der Waals surface area contributed by atoms with Gasteiger partial charge in [0.1, 0.15) is 17.1 Å². The van der Waals surface area contributed by atoms with Gasteiger partial charge in [-0.3, -0.25) is 14.4 Å². The number of Topliss-reactive ketones (excluding diaryl/α,β-unsaturated/α-hetero) is 1. The Bertz CT molecular complexity index is 892. The van der Waals surface area contributed by atoms with Gasteiger partial charge in [0, 0.05) is 51.5 Å². The summed E-state index contributed by atoms with van der Waals surface area (Å²) in [4.78, 5) is 44.0. The van der Waals surface area contributed by atoms with Gasteiger partial charge in [0.05, 0.1) is 25.0 Å². The van der Waals surface area contributed by atoms with Gasteiger partial charge in [-0.25, -0.2) is 0 Å². The van der Waals surface area contributed by atoms with E-state index in [2.05, 4.69) is 4.90 Å². The maximum atomic E-state index is 13.1. The number of ether oxygens (including phenoxy) is 2. The van der Waals surface area contributed by atoms with Crippen molar-refractivity contribution in [2.75, 3.05) is 53.9 Å². The lowest BCUT2D eigenvalue weighted by Gasteiger charge is -2.44. The van der Waals surface area contributed by atoms with Crippen molar-refractivity contribution in [3.8, 4) is 11.5 Å². The zero-order valence-electron chi connectivity index (χ0n) is 19.3. The smallest absolute Gasteiger partial charge is 0.227 e. The quantitative estimate of drug-likeness (QED) is 0.667. The second-order valence-corrected chi connectivity index (χ2v) is 9.47. The number of rotatable bonds is 6. The Morgan fingerprint density at radius 2 is 2.00 bits per heavy atom. The standard InChI is InChI=1S/C24H33N3O5/c1-25(2)9-4-10-27-16-17(13-22(27)29)23(30)26-11-7-24(8-12-26)15-20(28)19-6-5-18(31-3)14-21(19)32-24/h5-6,14,17H,4,7-13,15-16H2,1-3H3. The predicted molar refractivity (Wildman–Crippen MR) is 119 cm³/mol. The number of carbonyl (C=O) groups excluding carboxylic acids is 3. The van der Waals surface area contributed by atoms with E-state index in [1.807, 2.05) is 23.9 Å². The van der Waals surface area contributed by atoms with Crippen molar-refractivity contribution < 1.29 is 23.9 Å². The zero-order chi connectivity index (χ0) is 22.9. The van der Waals surface area contributed by atoms with Gasteiger partial charge in [0.15, 0.2) is 5.78 Å². The molecule has 0 saturated carbocycles. The van der Waals surface area contributed by atoms with Gasteiger partial charge in [-0.15, -0.1) is 0 Å². The summed E-state index contributed by atoms with van der Waals surface area (Å²) in [5, 5.41) is 0. The number of fused-ring (bicyclic) bond motifs is 1. The number of amides is 2. The minimum Gasteiger partial charge on any atom is -0.497 e. The van der Waals surface area contributed by atoms with E-state index in [9.17, 15) is 14.4 Å². The minimum atomic E-state index is -0.572. The molecule has 1 aromatic rings. The van der Waals surface area contributed by atoms with Crippen molar-refractivity contribution >= 4 is 17.6 Å². The molecular weight excluding hydrogens is 410 g/mol. The largest absolute Gasteiger partial charge is 0.497 e. The van der Waals surface area contributed by atoms with Crippen molar-refractivity contribution in [3.05, 3.63) is 23.8 Å². The van der Waals surface area contributed by atoms with E-state index in [4.69, 9.17) is 9.47 Å². The third-order valence-electron chi connectivity index (χ3n) is 6.88. The Morgan fingerprint density at radius 1 is 1.25 bits per heavy atom. The summed E-state index contributed by atoms with van der Waals surface area (Å²) in [6, 6.07) is 5.29. The highest BCUT2D eigenvalue weighted by Crippen LogP contribution is 2.41. The molecule has 2 fully saturated rings. The van der Waals surface area contributed by atoms with E-state index in [0.29, 0.717) is 68.9 Å². The first-order valence-electron chi connectivity index (χ1n) is 11.4. The molecule has 8 heteroatoms. The van der Waals surface area contributed by atoms with Crippen molar-refractivity contribution in [1.82, 2.24) is 14.7 Å². The zero-order valence-corrected chi connectivity index (χ0v) is 19.3. The molecule has 174 valence electrons.